The van der Waals surface area contributed by atoms with Crippen molar-refractivity contribution in [1.82, 2.24) is 0 Å². The van der Waals surface area contributed by atoms with Crippen LogP contribution in [0.1, 0.15) is 12.0 Å². The average molecular weight is 251 g/mol. The SMILES string of the molecule is Cc1ccccc1OCC(CN)C1CCSC1. The van der Waals surface area contributed by atoms with Crippen LogP contribution in [-0.4, -0.2) is 24.7 Å². The monoisotopic (exact) mass is 251 g/mol. The van der Waals surface area contributed by atoms with Gasteiger partial charge >= 0.3 is 0 Å². The Balaban J connectivity index is 1.89. The van der Waals surface area contributed by atoms with Crippen molar-refractivity contribution in [2.24, 2.45) is 17.6 Å². The Morgan fingerprint density at radius 1 is 1.47 bits per heavy atom. The van der Waals surface area contributed by atoms with Crippen LogP contribution in [0.5, 0.6) is 5.75 Å². The van der Waals surface area contributed by atoms with Crippen LogP contribution in [0.15, 0.2) is 24.3 Å². The van der Waals surface area contributed by atoms with E-state index in [1.807, 2.05) is 30.0 Å². The van der Waals surface area contributed by atoms with Crippen LogP contribution in [0.25, 0.3) is 0 Å². The maximum Gasteiger partial charge on any atom is 0.122 e. The number of rotatable bonds is 5. The zero-order chi connectivity index (χ0) is 12.1. The standard InChI is InChI=1S/C14H21NOS/c1-11-4-2-3-5-14(11)16-9-13(8-15)12-6-7-17-10-12/h2-5,12-13H,6-10,15H2,1H3. The zero-order valence-corrected chi connectivity index (χ0v) is 11.2. The average Bonchev–Trinajstić information content (AvgIpc) is 2.86. The van der Waals surface area contributed by atoms with Gasteiger partial charge in [-0.2, -0.15) is 11.8 Å². The molecule has 17 heavy (non-hydrogen) atoms. The summed E-state index contributed by atoms with van der Waals surface area (Å²) in [5, 5.41) is 0. The molecule has 0 saturated carbocycles. The van der Waals surface area contributed by atoms with Gasteiger partial charge in [0.15, 0.2) is 0 Å². The number of nitrogens with two attached hydrogens (primary N) is 1. The van der Waals surface area contributed by atoms with E-state index in [9.17, 15) is 0 Å². The predicted octanol–water partition coefficient (Wildman–Crippen LogP) is 2.70. The molecule has 1 aliphatic rings. The predicted molar refractivity (Wildman–Crippen MR) is 74.7 cm³/mol. The molecule has 2 atom stereocenters. The Bertz CT molecular complexity index is 350. The lowest BCUT2D eigenvalue weighted by molar-refractivity contribution is 0.208. The van der Waals surface area contributed by atoms with Crippen LogP contribution in [0.4, 0.5) is 0 Å². The lowest BCUT2D eigenvalue weighted by atomic mass is 9.93. The van der Waals surface area contributed by atoms with Crippen molar-refractivity contribution in [3.05, 3.63) is 29.8 Å². The number of benzene rings is 1. The molecule has 1 heterocycles. The second-order valence-corrected chi connectivity index (χ2v) is 5.85. The van der Waals surface area contributed by atoms with Crippen LogP contribution in [0.3, 0.4) is 0 Å². The summed E-state index contributed by atoms with van der Waals surface area (Å²) < 4.78 is 5.91. The molecule has 1 aromatic carbocycles. The van der Waals surface area contributed by atoms with E-state index in [-0.39, 0.29) is 0 Å². The first kappa shape index (κ1) is 12.8. The molecule has 0 bridgehead atoms. The van der Waals surface area contributed by atoms with Gasteiger partial charge in [-0.1, -0.05) is 18.2 Å². The van der Waals surface area contributed by atoms with Crippen molar-refractivity contribution in [2.45, 2.75) is 13.3 Å². The number of hydrogen-bond acceptors (Lipinski definition) is 3. The minimum absolute atomic E-state index is 0.504. The Morgan fingerprint density at radius 2 is 2.29 bits per heavy atom. The molecule has 0 radical (unpaired) electrons. The minimum atomic E-state index is 0.504. The zero-order valence-electron chi connectivity index (χ0n) is 10.4. The van der Waals surface area contributed by atoms with Gasteiger partial charge in [0.25, 0.3) is 0 Å². The highest BCUT2D eigenvalue weighted by Crippen LogP contribution is 2.30. The van der Waals surface area contributed by atoms with Gasteiger partial charge in [-0.25, -0.2) is 0 Å². The van der Waals surface area contributed by atoms with Crippen molar-refractivity contribution < 1.29 is 4.74 Å². The van der Waals surface area contributed by atoms with E-state index >= 15 is 0 Å². The van der Waals surface area contributed by atoms with E-state index in [2.05, 4.69) is 13.0 Å². The summed E-state index contributed by atoms with van der Waals surface area (Å²) in [4.78, 5) is 0. The molecule has 94 valence electrons. The fourth-order valence-electron chi connectivity index (χ4n) is 2.24. The van der Waals surface area contributed by atoms with Crippen molar-refractivity contribution >= 4 is 11.8 Å². The largest absolute Gasteiger partial charge is 0.493 e. The maximum absolute atomic E-state index is 5.91. The summed E-state index contributed by atoms with van der Waals surface area (Å²) >= 11 is 2.04. The lowest BCUT2D eigenvalue weighted by Gasteiger charge is -2.22. The Hall–Kier alpha value is -0.670. The van der Waals surface area contributed by atoms with Gasteiger partial charge in [-0.3, -0.25) is 0 Å². The molecule has 2 rings (SSSR count). The van der Waals surface area contributed by atoms with Gasteiger partial charge in [0.2, 0.25) is 0 Å². The molecule has 0 spiro atoms. The van der Waals surface area contributed by atoms with Crippen LogP contribution in [-0.2, 0) is 0 Å². The van der Waals surface area contributed by atoms with E-state index in [1.54, 1.807) is 0 Å². The number of para-hydroxylation sites is 1. The summed E-state index contributed by atoms with van der Waals surface area (Å²) in [6, 6.07) is 8.17. The molecule has 0 aromatic heterocycles. The highest BCUT2D eigenvalue weighted by molar-refractivity contribution is 7.99. The maximum atomic E-state index is 5.91. The number of thioether (sulfide) groups is 1. The molecule has 2 N–H and O–H groups in total. The minimum Gasteiger partial charge on any atom is -0.493 e. The molecule has 1 saturated heterocycles. The third-order valence-corrected chi connectivity index (χ3v) is 4.67. The second-order valence-electron chi connectivity index (χ2n) is 4.70. The fourth-order valence-corrected chi connectivity index (χ4v) is 3.61. The summed E-state index contributed by atoms with van der Waals surface area (Å²) in [7, 11) is 0. The van der Waals surface area contributed by atoms with E-state index in [1.165, 1.54) is 23.5 Å². The van der Waals surface area contributed by atoms with Gasteiger partial charge in [0.1, 0.15) is 5.75 Å². The van der Waals surface area contributed by atoms with Crippen LogP contribution in [0, 0.1) is 18.8 Å². The van der Waals surface area contributed by atoms with Gasteiger partial charge in [-0.05, 0) is 48.9 Å². The van der Waals surface area contributed by atoms with E-state index in [0.29, 0.717) is 5.92 Å². The van der Waals surface area contributed by atoms with Crippen molar-refractivity contribution in [1.29, 1.82) is 0 Å². The van der Waals surface area contributed by atoms with E-state index < -0.39 is 0 Å². The molecule has 1 aromatic rings. The van der Waals surface area contributed by atoms with Crippen LogP contribution in [0.2, 0.25) is 0 Å². The summed E-state index contributed by atoms with van der Waals surface area (Å²) in [6.45, 7) is 3.57. The smallest absolute Gasteiger partial charge is 0.122 e. The van der Waals surface area contributed by atoms with Gasteiger partial charge in [0.05, 0.1) is 6.61 Å². The first-order valence-electron chi connectivity index (χ1n) is 6.27. The number of hydrogen-bond donors (Lipinski definition) is 1. The van der Waals surface area contributed by atoms with Gasteiger partial charge < -0.3 is 10.5 Å². The molecule has 1 fully saturated rings. The highest BCUT2D eigenvalue weighted by Gasteiger charge is 2.24. The van der Waals surface area contributed by atoms with Crippen LogP contribution < -0.4 is 10.5 Å². The quantitative estimate of drug-likeness (QED) is 0.874. The van der Waals surface area contributed by atoms with Crippen molar-refractivity contribution in [3.8, 4) is 5.75 Å². The Labute approximate surface area is 108 Å². The topological polar surface area (TPSA) is 35.2 Å². The molecule has 0 aliphatic carbocycles. The molecule has 2 unspecified atom stereocenters. The van der Waals surface area contributed by atoms with Gasteiger partial charge in [-0.15, -0.1) is 0 Å². The summed E-state index contributed by atoms with van der Waals surface area (Å²) in [6.07, 6.45) is 1.30. The van der Waals surface area contributed by atoms with Crippen LogP contribution >= 0.6 is 11.8 Å². The normalized spacial score (nSPS) is 21.4. The third-order valence-electron chi connectivity index (χ3n) is 3.48. The summed E-state index contributed by atoms with van der Waals surface area (Å²) in [5.74, 6) is 4.78. The molecule has 3 heteroatoms. The Morgan fingerprint density at radius 3 is 2.94 bits per heavy atom. The van der Waals surface area contributed by atoms with Gasteiger partial charge in [0, 0.05) is 5.92 Å². The molecule has 1 aliphatic heterocycles. The fraction of sp³-hybridized carbons (Fsp3) is 0.571. The molecule has 0 amide bonds. The van der Waals surface area contributed by atoms with E-state index in [0.717, 1.165) is 24.8 Å². The Kier molecular flexibility index (Phi) is 4.75. The molecular formula is C14H21NOS. The lowest BCUT2D eigenvalue weighted by Crippen LogP contribution is -2.29. The molecule has 2 nitrogen and oxygen atoms in total. The third kappa shape index (κ3) is 3.39. The number of aryl methyl sites for hydroxylation is 1. The first-order chi connectivity index (χ1) is 8.31. The van der Waals surface area contributed by atoms with Crippen molar-refractivity contribution in [2.75, 3.05) is 24.7 Å². The molecular weight excluding hydrogens is 230 g/mol. The summed E-state index contributed by atoms with van der Waals surface area (Å²) in [5.41, 5.74) is 7.06. The second kappa shape index (κ2) is 6.31. The number of ether oxygens (including phenoxy) is 1. The van der Waals surface area contributed by atoms with Crippen molar-refractivity contribution in [3.63, 3.8) is 0 Å². The highest BCUT2D eigenvalue weighted by atomic mass is 32.2. The van der Waals surface area contributed by atoms with E-state index in [4.69, 9.17) is 10.5 Å². The first-order valence-corrected chi connectivity index (χ1v) is 7.43.